The van der Waals surface area contributed by atoms with Gasteiger partial charge in [-0.05, 0) is 30.5 Å². The van der Waals surface area contributed by atoms with Gasteiger partial charge in [-0.2, -0.15) is 5.10 Å². The zero-order valence-electron chi connectivity index (χ0n) is 23.6. The van der Waals surface area contributed by atoms with Crippen molar-refractivity contribution in [2.75, 3.05) is 13.1 Å². The molecular weight excluding hydrogens is 555 g/mol. The lowest BCUT2D eigenvalue weighted by Crippen LogP contribution is -2.47. The predicted molar refractivity (Wildman–Crippen MR) is 156 cm³/mol. The second kappa shape index (κ2) is 11.4. The molecule has 0 aliphatic carbocycles. The molecule has 0 radical (unpaired) electrons. The van der Waals surface area contributed by atoms with Crippen LogP contribution >= 0.6 is 0 Å². The molecule has 1 aliphatic rings. The van der Waals surface area contributed by atoms with Crippen molar-refractivity contribution in [1.29, 1.82) is 0 Å². The minimum atomic E-state index is -1.11. The zero-order valence-corrected chi connectivity index (χ0v) is 23.6. The maximum absolute atomic E-state index is 14.8. The normalized spacial score (nSPS) is 15.1. The third-order valence-electron chi connectivity index (χ3n) is 7.90. The van der Waals surface area contributed by atoms with Crippen LogP contribution in [0.3, 0.4) is 0 Å². The van der Waals surface area contributed by atoms with Crippen LogP contribution in [0.2, 0.25) is 0 Å². The smallest absolute Gasteiger partial charge is 0.404 e. The summed E-state index contributed by atoms with van der Waals surface area (Å²) in [5.74, 6) is -0.291. The van der Waals surface area contributed by atoms with Gasteiger partial charge in [-0.15, -0.1) is 0 Å². The van der Waals surface area contributed by atoms with Gasteiger partial charge in [0.1, 0.15) is 17.9 Å². The van der Waals surface area contributed by atoms with Crippen LogP contribution in [0, 0.1) is 5.82 Å². The van der Waals surface area contributed by atoms with Crippen molar-refractivity contribution in [2.45, 2.75) is 38.1 Å². The minimum Gasteiger partial charge on any atom is -0.445 e. The molecule has 12 nitrogen and oxygen atoms in total. The molecule has 222 valence electrons. The first-order chi connectivity index (χ1) is 20.7. The van der Waals surface area contributed by atoms with E-state index in [0.717, 1.165) is 11.1 Å². The number of fused-ring (bicyclic) bond motifs is 1. The Morgan fingerprint density at radius 2 is 1.88 bits per heavy atom. The van der Waals surface area contributed by atoms with E-state index in [0.29, 0.717) is 54.9 Å². The molecule has 3 aromatic heterocycles. The Balaban J connectivity index is 1.13. The molecule has 1 amide bonds. The van der Waals surface area contributed by atoms with E-state index in [1.54, 1.807) is 53.2 Å². The number of imidazole rings is 1. The van der Waals surface area contributed by atoms with Crippen molar-refractivity contribution in [2.24, 2.45) is 12.8 Å². The second-order valence-electron chi connectivity index (χ2n) is 10.9. The van der Waals surface area contributed by atoms with Gasteiger partial charge in [-0.25, -0.2) is 19.2 Å². The number of halogens is 1. The third-order valence-corrected chi connectivity index (χ3v) is 7.90. The van der Waals surface area contributed by atoms with Crippen LogP contribution in [0.5, 0.6) is 0 Å². The third kappa shape index (κ3) is 5.90. The summed E-state index contributed by atoms with van der Waals surface area (Å²) in [5, 5.41) is 15.8. The van der Waals surface area contributed by atoms with Crippen molar-refractivity contribution < 1.29 is 19.0 Å². The van der Waals surface area contributed by atoms with Crippen LogP contribution in [-0.4, -0.2) is 63.7 Å². The molecule has 4 heterocycles. The number of primary amides is 1. The molecule has 0 unspecified atom stereocenters. The van der Waals surface area contributed by atoms with Crippen LogP contribution in [0.25, 0.3) is 28.0 Å². The van der Waals surface area contributed by atoms with Crippen LogP contribution < -0.4 is 11.3 Å². The lowest BCUT2D eigenvalue weighted by atomic mass is 9.91. The Kier molecular flexibility index (Phi) is 7.50. The Morgan fingerprint density at radius 3 is 2.56 bits per heavy atom. The number of carbonyl (C=O) groups excluding carboxylic acids is 1. The Morgan fingerprint density at radius 1 is 1.12 bits per heavy atom. The minimum absolute atomic E-state index is 0.0579. The van der Waals surface area contributed by atoms with Gasteiger partial charge >= 0.3 is 6.09 Å². The number of rotatable bonds is 8. The molecule has 0 bridgehead atoms. The first kappa shape index (κ1) is 28.2. The van der Waals surface area contributed by atoms with Crippen molar-refractivity contribution in [1.82, 2.24) is 33.8 Å². The molecule has 13 heteroatoms. The number of likely N-dealkylation sites (tertiary alicyclic amines) is 1. The van der Waals surface area contributed by atoms with E-state index in [9.17, 15) is 19.1 Å². The summed E-state index contributed by atoms with van der Waals surface area (Å²) in [6.45, 7) is 1.67. The van der Waals surface area contributed by atoms with Crippen LogP contribution in [-0.2, 0) is 31.5 Å². The Hall–Kier alpha value is -4.88. The van der Waals surface area contributed by atoms with Gasteiger partial charge in [0, 0.05) is 55.9 Å². The number of piperidine rings is 1. The number of hydrogen-bond acceptors (Lipinski definition) is 8. The molecule has 1 saturated heterocycles. The molecular formula is C30H31FN8O4. The van der Waals surface area contributed by atoms with Gasteiger partial charge in [0.05, 0.1) is 30.5 Å². The highest BCUT2D eigenvalue weighted by molar-refractivity contribution is 5.89. The first-order valence-corrected chi connectivity index (χ1v) is 13.8. The highest BCUT2D eigenvalue weighted by Crippen LogP contribution is 2.28. The van der Waals surface area contributed by atoms with Gasteiger partial charge in [0.25, 0.3) is 5.56 Å². The molecule has 6 rings (SSSR count). The number of nitrogens with two attached hydrogens (primary N) is 1. The number of aromatic nitrogens is 6. The summed E-state index contributed by atoms with van der Waals surface area (Å²) in [6.07, 6.45) is 6.47. The Bertz CT molecular complexity index is 1820. The van der Waals surface area contributed by atoms with Crippen LogP contribution in [0.4, 0.5) is 9.18 Å². The average molecular weight is 587 g/mol. The maximum Gasteiger partial charge on any atom is 0.404 e. The Labute approximate surface area is 245 Å². The van der Waals surface area contributed by atoms with Gasteiger partial charge in [-0.1, -0.05) is 30.3 Å². The van der Waals surface area contributed by atoms with E-state index in [1.807, 2.05) is 18.2 Å². The number of amides is 1. The molecule has 0 atom stereocenters. The van der Waals surface area contributed by atoms with Gasteiger partial charge in [0.2, 0.25) is 0 Å². The summed E-state index contributed by atoms with van der Waals surface area (Å²) in [5.41, 5.74) is 7.74. The monoisotopic (exact) mass is 586 g/mol. The standard InChI is InChI=1S/C30H31FN8O4/c1-36-27(21-4-2-20(3-5-21)16-43-29(32)41)25-26(35-36)28(40)39(19-34-25)17-30(42)8-11-37(12-9-30)15-22-6-7-23(14-24(22)31)38-13-10-33-18-38/h2-7,10,13-14,18-19,42H,8-9,11-12,15-17H2,1H3,(H2,32,41). The van der Waals surface area contributed by atoms with Crippen LogP contribution in [0.15, 0.2) is 72.3 Å². The fourth-order valence-corrected chi connectivity index (χ4v) is 5.52. The van der Waals surface area contributed by atoms with Gasteiger partial charge in [-0.3, -0.25) is 18.9 Å². The molecule has 1 fully saturated rings. The summed E-state index contributed by atoms with van der Waals surface area (Å²) in [7, 11) is 1.74. The van der Waals surface area contributed by atoms with E-state index in [1.165, 1.54) is 17.0 Å². The second-order valence-corrected chi connectivity index (χ2v) is 10.9. The van der Waals surface area contributed by atoms with E-state index in [2.05, 4.69) is 20.0 Å². The van der Waals surface area contributed by atoms with E-state index < -0.39 is 11.7 Å². The lowest BCUT2D eigenvalue weighted by Gasteiger charge is -2.38. The average Bonchev–Trinajstić information content (AvgIpc) is 3.65. The molecule has 43 heavy (non-hydrogen) atoms. The topological polar surface area (TPSA) is 146 Å². The SMILES string of the molecule is Cn1nc2c(=O)n(CC3(O)CCN(Cc4ccc(-n5ccnc5)cc4F)CC3)cnc2c1-c1ccc(COC(N)=O)cc1. The molecule has 5 aromatic rings. The quantitative estimate of drug-likeness (QED) is 0.282. The maximum atomic E-state index is 14.8. The lowest BCUT2D eigenvalue weighted by molar-refractivity contribution is -0.0366. The molecule has 0 saturated carbocycles. The van der Waals surface area contributed by atoms with Crippen molar-refractivity contribution >= 4 is 17.1 Å². The number of nitrogens with zero attached hydrogens (tertiary/aromatic N) is 7. The zero-order chi connectivity index (χ0) is 30.1. The summed E-state index contributed by atoms with van der Waals surface area (Å²) >= 11 is 0. The van der Waals surface area contributed by atoms with E-state index in [4.69, 9.17) is 10.5 Å². The van der Waals surface area contributed by atoms with Crippen molar-refractivity contribution in [3.05, 3.63) is 94.8 Å². The fourth-order valence-electron chi connectivity index (χ4n) is 5.52. The van der Waals surface area contributed by atoms with Crippen molar-refractivity contribution in [3.63, 3.8) is 0 Å². The number of aryl methyl sites for hydroxylation is 1. The first-order valence-electron chi connectivity index (χ1n) is 13.8. The summed E-state index contributed by atoms with van der Waals surface area (Å²) in [4.78, 5) is 34.9. The van der Waals surface area contributed by atoms with E-state index in [-0.39, 0.29) is 30.0 Å². The highest BCUT2D eigenvalue weighted by atomic mass is 19.1. The fraction of sp³-hybridized carbons (Fsp3) is 0.300. The summed E-state index contributed by atoms with van der Waals surface area (Å²) < 4.78 is 24.4. The number of aliphatic hydroxyl groups is 1. The van der Waals surface area contributed by atoms with Crippen LogP contribution in [0.1, 0.15) is 24.0 Å². The highest BCUT2D eigenvalue weighted by Gasteiger charge is 2.33. The number of carbonyl (C=O) groups is 1. The summed E-state index contributed by atoms with van der Waals surface area (Å²) in [6, 6.07) is 12.4. The number of hydrogen-bond donors (Lipinski definition) is 2. The van der Waals surface area contributed by atoms with Gasteiger partial charge in [0.15, 0.2) is 5.52 Å². The molecule has 2 aromatic carbocycles. The van der Waals surface area contributed by atoms with Crippen molar-refractivity contribution in [3.8, 4) is 16.9 Å². The molecule has 1 aliphatic heterocycles. The van der Waals surface area contributed by atoms with E-state index >= 15 is 0 Å². The molecule has 0 spiro atoms. The number of ether oxygens (including phenoxy) is 1. The largest absolute Gasteiger partial charge is 0.445 e. The number of benzene rings is 2. The molecule has 3 N–H and O–H groups in total. The predicted octanol–water partition coefficient (Wildman–Crippen LogP) is 2.74. The van der Waals surface area contributed by atoms with Gasteiger partial charge < -0.3 is 20.1 Å².